The first-order valence-electron chi connectivity index (χ1n) is 8.17. The maximum Gasteiger partial charge on any atom is 0.221 e. The first-order chi connectivity index (χ1) is 13.5. The van der Waals surface area contributed by atoms with Crippen LogP contribution in [0.1, 0.15) is 17.3 Å². The molecular formula is C18H17N5O4S. The number of ketones is 1. The van der Waals surface area contributed by atoms with Gasteiger partial charge in [-0.3, -0.25) is 9.59 Å². The average Bonchev–Trinajstić information content (AvgIpc) is 3.16. The van der Waals surface area contributed by atoms with E-state index in [-0.39, 0.29) is 28.9 Å². The summed E-state index contributed by atoms with van der Waals surface area (Å²) in [5, 5.41) is 24.3. The minimum atomic E-state index is -0.340. The zero-order valence-corrected chi connectivity index (χ0v) is 15.9. The minimum Gasteiger partial charge on any atom is -0.506 e. The van der Waals surface area contributed by atoms with Crippen LogP contribution in [0.3, 0.4) is 0 Å². The van der Waals surface area contributed by atoms with Gasteiger partial charge in [0.05, 0.1) is 24.2 Å². The van der Waals surface area contributed by atoms with Gasteiger partial charge in [0.1, 0.15) is 11.5 Å². The average molecular weight is 399 g/mol. The molecule has 1 aromatic heterocycles. The number of carbonyl (C=O) groups is 2. The van der Waals surface area contributed by atoms with Gasteiger partial charge in [-0.15, -0.1) is 5.10 Å². The number of aromatic nitrogens is 4. The van der Waals surface area contributed by atoms with Gasteiger partial charge in [0.2, 0.25) is 11.1 Å². The summed E-state index contributed by atoms with van der Waals surface area (Å²) >= 11 is 1.18. The van der Waals surface area contributed by atoms with Crippen molar-refractivity contribution in [1.82, 2.24) is 20.2 Å². The van der Waals surface area contributed by atoms with Gasteiger partial charge in [-0.05, 0) is 52.9 Å². The number of nitrogens with one attached hydrogen (secondary N) is 1. The number of carbonyl (C=O) groups excluding carboxylic acids is 2. The molecule has 9 nitrogen and oxygen atoms in total. The lowest BCUT2D eigenvalue weighted by atomic mass is 10.1. The molecule has 2 N–H and O–H groups in total. The number of tetrazole rings is 1. The van der Waals surface area contributed by atoms with Crippen molar-refractivity contribution in [2.24, 2.45) is 0 Å². The summed E-state index contributed by atoms with van der Waals surface area (Å²) in [6.45, 7) is 1.32. The van der Waals surface area contributed by atoms with E-state index in [1.54, 1.807) is 31.4 Å². The lowest BCUT2D eigenvalue weighted by Crippen LogP contribution is -2.09. The van der Waals surface area contributed by atoms with Crippen molar-refractivity contribution in [2.75, 3.05) is 18.2 Å². The van der Waals surface area contributed by atoms with Crippen LogP contribution >= 0.6 is 11.8 Å². The van der Waals surface area contributed by atoms with Crippen LogP contribution in [0.2, 0.25) is 0 Å². The zero-order chi connectivity index (χ0) is 20.1. The van der Waals surface area contributed by atoms with E-state index in [0.29, 0.717) is 16.5 Å². The first-order valence-corrected chi connectivity index (χ1v) is 9.16. The number of benzene rings is 2. The number of thioether (sulfide) groups is 1. The van der Waals surface area contributed by atoms with Crippen LogP contribution in [0, 0.1) is 0 Å². The third-order valence-electron chi connectivity index (χ3n) is 3.72. The fourth-order valence-electron chi connectivity index (χ4n) is 2.37. The smallest absolute Gasteiger partial charge is 0.221 e. The maximum atomic E-state index is 12.5. The number of anilines is 1. The van der Waals surface area contributed by atoms with Gasteiger partial charge < -0.3 is 15.2 Å². The monoisotopic (exact) mass is 399 g/mol. The highest BCUT2D eigenvalue weighted by Crippen LogP contribution is 2.26. The number of aromatic hydroxyl groups is 1. The van der Waals surface area contributed by atoms with Crippen LogP contribution in [0.4, 0.5) is 5.69 Å². The maximum absolute atomic E-state index is 12.5. The number of phenolic OH excluding ortho intramolecular Hbond substituents is 1. The SMILES string of the molecule is COc1ccc(-n2nnnc2SCC(=O)c2ccc(O)c(NC(C)=O)c2)cc1. The number of Topliss-reactive ketones (excluding diaryl/α,β-unsaturated/α-hetero) is 1. The predicted molar refractivity (Wildman–Crippen MR) is 103 cm³/mol. The van der Waals surface area contributed by atoms with Crippen molar-refractivity contribution in [3.63, 3.8) is 0 Å². The van der Waals surface area contributed by atoms with Crippen molar-refractivity contribution < 1.29 is 19.4 Å². The van der Waals surface area contributed by atoms with Crippen molar-refractivity contribution in [1.29, 1.82) is 0 Å². The van der Waals surface area contributed by atoms with E-state index in [2.05, 4.69) is 20.8 Å². The van der Waals surface area contributed by atoms with E-state index >= 15 is 0 Å². The lowest BCUT2D eigenvalue weighted by molar-refractivity contribution is -0.114. The number of rotatable bonds is 7. The fourth-order valence-corrected chi connectivity index (χ4v) is 3.15. The van der Waals surface area contributed by atoms with E-state index in [4.69, 9.17) is 4.74 Å². The van der Waals surface area contributed by atoms with E-state index in [9.17, 15) is 14.7 Å². The predicted octanol–water partition coefficient (Wildman–Crippen LogP) is 2.31. The Bertz CT molecular complexity index is 1000. The topological polar surface area (TPSA) is 119 Å². The number of ether oxygens (including phenoxy) is 1. The summed E-state index contributed by atoms with van der Waals surface area (Å²) in [7, 11) is 1.58. The molecule has 0 bridgehead atoms. The molecule has 1 amide bonds. The molecule has 0 spiro atoms. The Morgan fingerprint density at radius 3 is 2.64 bits per heavy atom. The summed E-state index contributed by atoms with van der Waals surface area (Å²) in [4.78, 5) is 23.7. The summed E-state index contributed by atoms with van der Waals surface area (Å²) in [5.41, 5.74) is 1.28. The molecule has 3 rings (SSSR count). The van der Waals surface area contributed by atoms with Gasteiger partial charge in [-0.2, -0.15) is 4.68 Å². The zero-order valence-electron chi connectivity index (χ0n) is 15.1. The number of hydrogen-bond donors (Lipinski definition) is 2. The summed E-state index contributed by atoms with van der Waals surface area (Å²) in [6.07, 6.45) is 0. The second-order valence-electron chi connectivity index (χ2n) is 5.70. The highest BCUT2D eigenvalue weighted by Gasteiger charge is 2.14. The summed E-state index contributed by atoms with van der Waals surface area (Å²) in [5.74, 6) is 0.154. The molecule has 0 radical (unpaired) electrons. The van der Waals surface area contributed by atoms with Gasteiger partial charge >= 0.3 is 0 Å². The van der Waals surface area contributed by atoms with Crippen molar-refractivity contribution in [3.05, 3.63) is 48.0 Å². The molecule has 0 saturated carbocycles. The second kappa shape index (κ2) is 8.53. The molecule has 10 heteroatoms. The van der Waals surface area contributed by atoms with Gasteiger partial charge in [0.15, 0.2) is 5.78 Å². The Hall–Kier alpha value is -3.40. The summed E-state index contributed by atoms with van der Waals surface area (Å²) < 4.78 is 6.66. The Balaban J connectivity index is 1.72. The number of amides is 1. The molecule has 0 aliphatic carbocycles. The molecule has 0 fully saturated rings. The third kappa shape index (κ3) is 4.46. The van der Waals surface area contributed by atoms with E-state index < -0.39 is 0 Å². The van der Waals surface area contributed by atoms with Crippen LogP contribution in [-0.4, -0.2) is 49.9 Å². The Morgan fingerprint density at radius 2 is 1.96 bits per heavy atom. The molecule has 2 aromatic carbocycles. The lowest BCUT2D eigenvalue weighted by Gasteiger charge is -2.08. The Labute approximate surface area is 164 Å². The normalized spacial score (nSPS) is 10.5. The molecule has 1 heterocycles. The van der Waals surface area contributed by atoms with Crippen LogP contribution in [0.5, 0.6) is 11.5 Å². The van der Waals surface area contributed by atoms with Crippen LogP contribution in [-0.2, 0) is 4.79 Å². The molecule has 0 saturated heterocycles. The molecule has 28 heavy (non-hydrogen) atoms. The molecule has 3 aromatic rings. The molecule has 0 atom stereocenters. The molecule has 0 aliphatic heterocycles. The molecular weight excluding hydrogens is 382 g/mol. The largest absolute Gasteiger partial charge is 0.506 e. The van der Waals surface area contributed by atoms with Gasteiger partial charge in [-0.25, -0.2) is 0 Å². The highest BCUT2D eigenvalue weighted by atomic mass is 32.2. The number of methoxy groups -OCH3 is 1. The quantitative estimate of drug-likeness (QED) is 0.353. The van der Waals surface area contributed by atoms with Crippen LogP contribution in [0.25, 0.3) is 5.69 Å². The number of hydrogen-bond acceptors (Lipinski definition) is 8. The minimum absolute atomic E-state index is 0.0841. The van der Waals surface area contributed by atoms with E-state index in [1.807, 2.05) is 0 Å². The van der Waals surface area contributed by atoms with Gasteiger partial charge in [0.25, 0.3) is 0 Å². The van der Waals surface area contributed by atoms with Crippen LogP contribution in [0.15, 0.2) is 47.6 Å². The Kier molecular flexibility index (Phi) is 5.90. The van der Waals surface area contributed by atoms with Gasteiger partial charge in [0, 0.05) is 12.5 Å². The van der Waals surface area contributed by atoms with E-state index in [1.165, 1.54) is 41.6 Å². The fraction of sp³-hybridized carbons (Fsp3) is 0.167. The molecule has 0 unspecified atom stereocenters. The third-order valence-corrected chi connectivity index (χ3v) is 4.64. The standard InChI is InChI=1S/C18H17N5O4S/c1-11(24)19-15-9-12(3-8-16(15)25)17(26)10-28-18-20-21-22-23(18)13-4-6-14(27-2)7-5-13/h3-9,25H,10H2,1-2H3,(H,19,24). The summed E-state index contributed by atoms with van der Waals surface area (Å²) in [6, 6.07) is 11.5. The number of phenols is 1. The van der Waals surface area contributed by atoms with Crippen molar-refractivity contribution >= 4 is 29.1 Å². The van der Waals surface area contributed by atoms with Crippen LogP contribution < -0.4 is 10.1 Å². The van der Waals surface area contributed by atoms with Crippen molar-refractivity contribution in [3.8, 4) is 17.2 Å². The van der Waals surface area contributed by atoms with E-state index in [0.717, 1.165) is 5.69 Å². The van der Waals surface area contributed by atoms with Gasteiger partial charge in [-0.1, -0.05) is 11.8 Å². The second-order valence-corrected chi connectivity index (χ2v) is 6.64. The first kappa shape index (κ1) is 19.4. The molecule has 0 aliphatic rings. The Morgan fingerprint density at radius 1 is 1.21 bits per heavy atom. The number of nitrogens with zero attached hydrogens (tertiary/aromatic N) is 4. The molecule has 144 valence electrons. The highest BCUT2D eigenvalue weighted by molar-refractivity contribution is 7.99. The van der Waals surface area contributed by atoms with Crippen molar-refractivity contribution in [2.45, 2.75) is 12.1 Å².